The van der Waals surface area contributed by atoms with Crippen LogP contribution in [0, 0.1) is 10.1 Å². The highest BCUT2D eigenvalue weighted by molar-refractivity contribution is 9.10. The van der Waals surface area contributed by atoms with E-state index < -0.39 is 4.92 Å². The molecule has 1 aliphatic rings. The summed E-state index contributed by atoms with van der Waals surface area (Å²) in [6.45, 7) is 1.23. The van der Waals surface area contributed by atoms with Gasteiger partial charge >= 0.3 is 0 Å². The Hall–Kier alpha value is -1.21. The van der Waals surface area contributed by atoms with E-state index in [4.69, 9.17) is 0 Å². The number of nitrogens with zero attached hydrogens (tertiary/aromatic N) is 3. The molecule has 1 aliphatic heterocycles. The van der Waals surface area contributed by atoms with E-state index in [1.807, 2.05) is 4.90 Å². The Labute approximate surface area is 100 Å². The Kier molecular flexibility index (Phi) is 3.06. The number of β-amino-alcohol motifs (C(OH)–C–C–N with tert-alkyl or cyclic N) is 1. The molecule has 1 aromatic heterocycles. The summed E-state index contributed by atoms with van der Waals surface area (Å²) in [4.78, 5) is 16.0. The highest BCUT2D eigenvalue weighted by Gasteiger charge is 2.24. The summed E-state index contributed by atoms with van der Waals surface area (Å²) in [5.74, 6) is 0.641. The van der Waals surface area contributed by atoms with E-state index in [2.05, 4.69) is 20.9 Å². The summed E-state index contributed by atoms with van der Waals surface area (Å²) in [6.07, 6.45) is 1.58. The van der Waals surface area contributed by atoms with Crippen molar-refractivity contribution in [2.24, 2.45) is 0 Å². The van der Waals surface area contributed by atoms with Gasteiger partial charge in [-0.25, -0.2) is 4.98 Å². The number of aliphatic hydroxyl groups excluding tert-OH is 1. The van der Waals surface area contributed by atoms with Gasteiger partial charge in [-0.05, 0) is 22.4 Å². The predicted octanol–water partition coefficient (Wildman–Crippen LogP) is 1.32. The second kappa shape index (κ2) is 4.34. The zero-order valence-electron chi connectivity index (χ0n) is 8.34. The molecule has 1 aromatic rings. The number of aliphatic hydroxyl groups is 1. The van der Waals surface area contributed by atoms with E-state index in [1.54, 1.807) is 0 Å². The maximum absolute atomic E-state index is 10.5. The molecule has 16 heavy (non-hydrogen) atoms. The third kappa shape index (κ3) is 2.14. The van der Waals surface area contributed by atoms with Crippen LogP contribution in [0.15, 0.2) is 16.7 Å². The van der Waals surface area contributed by atoms with Crippen LogP contribution in [0.2, 0.25) is 0 Å². The van der Waals surface area contributed by atoms with Crippen LogP contribution < -0.4 is 4.90 Å². The molecule has 86 valence electrons. The summed E-state index contributed by atoms with van der Waals surface area (Å²) in [5.41, 5.74) is -0.0460. The summed E-state index contributed by atoms with van der Waals surface area (Å²) in [6, 6.07) is 1.42. The van der Waals surface area contributed by atoms with Crippen molar-refractivity contribution in [3.63, 3.8) is 0 Å². The molecule has 0 unspecified atom stereocenters. The van der Waals surface area contributed by atoms with Crippen LogP contribution >= 0.6 is 15.9 Å². The van der Waals surface area contributed by atoms with Crippen LogP contribution in [0.3, 0.4) is 0 Å². The highest BCUT2D eigenvalue weighted by atomic mass is 79.9. The zero-order valence-corrected chi connectivity index (χ0v) is 9.92. The van der Waals surface area contributed by atoms with Crippen molar-refractivity contribution in [1.29, 1.82) is 0 Å². The largest absolute Gasteiger partial charge is 0.391 e. The zero-order chi connectivity index (χ0) is 11.7. The Morgan fingerprint density at radius 1 is 1.69 bits per heavy atom. The molecule has 0 bridgehead atoms. The van der Waals surface area contributed by atoms with Crippen molar-refractivity contribution in [3.05, 3.63) is 26.9 Å². The van der Waals surface area contributed by atoms with Crippen molar-refractivity contribution >= 4 is 27.4 Å². The molecule has 0 radical (unpaired) electrons. The fourth-order valence-corrected chi connectivity index (χ4v) is 2.28. The number of halogens is 1. The first-order valence-corrected chi connectivity index (χ1v) is 5.60. The third-order valence-corrected chi connectivity index (χ3v) is 3.06. The minimum Gasteiger partial charge on any atom is -0.391 e. The molecule has 0 amide bonds. The molecule has 1 N–H and O–H groups in total. The molecular weight excluding hydrogens is 278 g/mol. The number of nitro groups is 1. The smallest absolute Gasteiger partial charge is 0.288 e. The topological polar surface area (TPSA) is 79.5 Å². The minimum absolute atomic E-state index is 0.0460. The number of aromatic nitrogens is 1. The van der Waals surface area contributed by atoms with E-state index in [0.717, 1.165) is 0 Å². The van der Waals surface area contributed by atoms with Gasteiger partial charge in [-0.15, -0.1) is 0 Å². The molecule has 2 rings (SSSR count). The Morgan fingerprint density at radius 2 is 2.44 bits per heavy atom. The molecule has 2 heterocycles. The van der Waals surface area contributed by atoms with Crippen molar-refractivity contribution in [2.45, 2.75) is 12.5 Å². The van der Waals surface area contributed by atoms with Gasteiger partial charge in [-0.3, -0.25) is 10.1 Å². The van der Waals surface area contributed by atoms with Gasteiger partial charge in [0.25, 0.3) is 5.69 Å². The number of rotatable bonds is 2. The first-order chi connectivity index (χ1) is 7.58. The van der Waals surface area contributed by atoms with Crippen molar-refractivity contribution in [3.8, 4) is 0 Å². The first kappa shape index (κ1) is 11.3. The van der Waals surface area contributed by atoms with Crippen LogP contribution in [0.4, 0.5) is 11.5 Å². The fraction of sp³-hybridized carbons (Fsp3) is 0.444. The SMILES string of the molecule is O=[N+]([O-])c1cnc(N2CC[C@H](O)C2)c(Br)c1. The monoisotopic (exact) mass is 287 g/mol. The van der Waals surface area contributed by atoms with E-state index in [9.17, 15) is 15.2 Å². The van der Waals surface area contributed by atoms with Gasteiger partial charge in [0.1, 0.15) is 12.0 Å². The van der Waals surface area contributed by atoms with Gasteiger partial charge in [-0.2, -0.15) is 0 Å². The second-order valence-corrected chi connectivity index (χ2v) is 4.50. The molecule has 0 saturated carbocycles. The maximum atomic E-state index is 10.5. The summed E-state index contributed by atoms with van der Waals surface area (Å²) in [7, 11) is 0. The lowest BCUT2D eigenvalue weighted by atomic mass is 10.3. The summed E-state index contributed by atoms with van der Waals surface area (Å²) >= 11 is 3.26. The normalized spacial score (nSPS) is 20.1. The molecule has 1 atom stereocenters. The summed E-state index contributed by atoms with van der Waals surface area (Å²) in [5, 5.41) is 19.9. The molecule has 0 spiro atoms. The number of pyridine rings is 1. The number of hydrogen-bond donors (Lipinski definition) is 1. The number of hydrogen-bond acceptors (Lipinski definition) is 5. The van der Waals surface area contributed by atoms with Crippen molar-refractivity contribution in [1.82, 2.24) is 4.98 Å². The van der Waals surface area contributed by atoms with Gasteiger partial charge in [0.15, 0.2) is 0 Å². The maximum Gasteiger partial charge on any atom is 0.288 e. The Morgan fingerprint density at radius 3 is 2.94 bits per heavy atom. The van der Waals surface area contributed by atoms with E-state index >= 15 is 0 Å². The Balaban J connectivity index is 2.26. The van der Waals surface area contributed by atoms with Gasteiger partial charge < -0.3 is 10.0 Å². The van der Waals surface area contributed by atoms with E-state index in [-0.39, 0.29) is 11.8 Å². The lowest BCUT2D eigenvalue weighted by Crippen LogP contribution is -2.22. The van der Waals surface area contributed by atoms with Crippen LogP contribution in [-0.2, 0) is 0 Å². The van der Waals surface area contributed by atoms with E-state index in [1.165, 1.54) is 12.3 Å². The van der Waals surface area contributed by atoms with Crippen molar-refractivity contribution < 1.29 is 10.0 Å². The number of anilines is 1. The fourth-order valence-electron chi connectivity index (χ4n) is 1.69. The molecule has 0 aliphatic carbocycles. The molecule has 1 saturated heterocycles. The standard InChI is InChI=1S/C9H10BrN3O3/c10-8-3-6(13(15)16)4-11-9(8)12-2-1-7(14)5-12/h3-4,7,14H,1-2,5H2/t7-/m0/s1. The lowest BCUT2D eigenvalue weighted by molar-refractivity contribution is -0.385. The average Bonchev–Trinajstić information content (AvgIpc) is 2.64. The van der Waals surface area contributed by atoms with Gasteiger partial charge in [0, 0.05) is 19.2 Å². The van der Waals surface area contributed by atoms with Gasteiger partial charge in [-0.1, -0.05) is 0 Å². The van der Waals surface area contributed by atoms with Gasteiger partial charge in [0.05, 0.1) is 15.5 Å². The summed E-state index contributed by atoms with van der Waals surface area (Å²) < 4.78 is 0.579. The molecule has 0 aromatic carbocycles. The van der Waals surface area contributed by atoms with E-state index in [0.29, 0.717) is 29.8 Å². The highest BCUT2D eigenvalue weighted by Crippen LogP contribution is 2.29. The minimum atomic E-state index is -0.486. The van der Waals surface area contributed by atoms with Gasteiger partial charge in [0.2, 0.25) is 0 Å². The molecule has 1 fully saturated rings. The van der Waals surface area contributed by atoms with Crippen molar-refractivity contribution in [2.75, 3.05) is 18.0 Å². The first-order valence-electron chi connectivity index (χ1n) is 4.81. The van der Waals surface area contributed by atoms with Crippen LogP contribution in [0.5, 0.6) is 0 Å². The predicted molar refractivity (Wildman–Crippen MR) is 61.4 cm³/mol. The van der Waals surface area contributed by atoms with Crippen LogP contribution in [-0.4, -0.2) is 34.2 Å². The lowest BCUT2D eigenvalue weighted by Gasteiger charge is -2.17. The second-order valence-electron chi connectivity index (χ2n) is 3.64. The molecule has 7 heteroatoms. The van der Waals surface area contributed by atoms with Crippen LogP contribution in [0.1, 0.15) is 6.42 Å². The molecule has 6 nitrogen and oxygen atoms in total. The third-order valence-electron chi connectivity index (χ3n) is 2.48. The molecular formula is C9H10BrN3O3. The Bertz CT molecular complexity index is 426. The van der Waals surface area contributed by atoms with Crippen LogP contribution in [0.25, 0.3) is 0 Å². The quantitative estimate of drug-likeness (QED) is 0.656. The average molecular weight is 288 g/mol.